The topological polar surface area (TPSA) is 80.5 Å². The molecule has 0 fully saturated rings. The van der Waals surface area contributed by atoms with E-state index in [0.29, 0.717) is 24.0 Å². The molecule has 0 atom stereocenters. The second kappa shape index (κ2) is 7.21. The number of carbonyl (C=O) groups is 1. The number of nitrogens with one attached hydrogen (secondary N) is 1. The number of nitrogens with zero attached hydrogens (tertiary/aromatic N) is 2. The lowest BCUT2D eigenvalue weighted by atomic mass is 10.4. The average molecular weight is 258 g/mol. The fraction of sp³-hybridized carbons (Fsp3) is 0.600. The third-order valence-electron chi connectivity index (χ3n) is 2.21. The Morgan fingerprint density at radius 1 is 1.65 bits per heavy atom. The summed E-state index contributed by atoms with van der Waals surface area (Å²) >= 11 is 1.26. The zero-order valence-corrected chi connectivity index (χ0v) is 10.9. The third-order valence-corrected chi connectivity index (χ3v) is 2.88. The van der Waals surface area contributed by atoms with Crippen LogP contribution >= 0.6 is 11.3 Å². The minimum atomic E-state index is -0.182. The predicted octanol–water partition coefficient (Wildman–Crippen LogP) is 0.0333. The summed E-state index contributed by atoms with van der Waals surface area (Å²) in [6.07, 6.45) is 0. The highest BCUT2D eigenvalue weighted by Crippen LogP contribution is 2.10. The fourth-order valence-corrected chi connectivity index (χ4v) is 1.74. The van der Waals surface area contributed by atoms with E-state index in [-0.39, 0.29) is 5.91 Å². The molecule has 1 rings (SSSR count). The highest BCUT2D eigenvalue weighted by atomic mass is 32.1. The first-order valence-corrected chi connectivity index (χ1v) is 6.18. The summed E-state index contributed by atoms with van der Waals surface area (Å²) in [6.45, 7) is 2.88. The fourth-order valence-electron chi connectivity index (χ4n) is 1.20. The van der Waals surface area contributed by atoms with Crippen molar-refractivity contribution >= 4 is 22.4 Å². The Morgan fingerprint density at radius 3 is 3.00 bits per heavy atom. The molecule has 1 amide bonds. The Balaban J connectivity index is 2.20. The Bertz CT molecular complexity index is 356. The molecule has 0 aliphatic heterocycles. The van der Waals surface area contributed by atoms with Gasteiger partial charge in [-0.05, 0) is 7.05 Å². The van der Waals surface area contributed by atoms with Crippen molar-refractivity contribution in [1.82, 2.24) is 15.2 Å². The van der Waals surface area contributed by atoms with Crippen LogP contribution in [0.2, 0.25) is 0 Å². The van der Waals surface area contributed by atoms with E-state index >= 15 is 0 Å². The first-order valence-electron chi connectivity index (χ1n) is 5.30. The van der Waals surface area contributed by atoms with Crippen molar-refractivity contribution in [3.05, 3.63) is 11.1 Å². The largest absolute Gasteiger partial charge is 0.383 e. The normalized spacial score (nSPS) is 10.8. The van der Waals surface area contributed by atoms with Crippen LogP contribution in [-0.4, -0.2) is 56.2 Å². The molecule has 0 spiro atoms. The van der Waals surface area contributed by atoms with E-state index in [1.807, 2.05) is 7.05 Å². The van der Waals surface area contributed by atoms with E-state index in [1.54, 1.807) is 12.5 Å². The van der Waals surface area contributed by atoms with Gasteiger partial charge in [0.25, 0.3) is 5.91 Å². The van der Waals surface area contributed by atoms with E-state index < -0.39 is 0 Å². The molecule has 0 saturated carbocycles. The van der Waals surface area contributed by atoms with Gasteiger partial charge in [-0.2, -0.15) is 0 Å². The van der Waals surface area contributed by atoms with Crippen LogP contribution in [0.3, 0.4) is 0 Å². The monoisotopic (exact) mass is 258 g/mol. The number of nitrogen functional groups attached to an aromatic ring is 1. The van der Waals surface area contributed by atoms with Gasteiger partial charge in [0, 0.05) is 32.1 Å². The summed E-state index contributed by atoms with van der Waals surface area (Å²) in [7, 11) is 3.65. The number of likely N-dealkylation sites (N-methyl/N-ethyl adjacent to an activating group) is 1. The Morgan fingerprint density at radius 2 is 2.41 bits per heavy atom. The van der Waals surface area contributed by atoms with E-state index in [0.717, 1.165) is 13.1 Å². The molecule has 0 unspecified atom stereocenters. The Kier molecular flexibility index (Phi) is 5.88. The molecule has 0 aromatic carbocycles. The standard InChI is InChI=1S/C10H18N4O2S/c1-14(5-6-16-2)4-3-12-9(15)8-7-17-10(11)13-8/h7H,3-6H2,1-2H3,(H2,11,13)(H,12,15). The van der Waals surface area contributed by atoms with Gasteiger partial charge in [-0.1, -0.05) is 0 Å². The lowest BCUT2D eigenvalue weighted by Crippen LogP contribution is -2.34. The molecule has 96 valence electrons. The number of methoxy groups -OCH3 is 1. The molecule has 0 aliphatic rings. The molecule has 6 nitrogen and oxygen atoms in total. The first kappa shape index (κ1) is 13.9. The summed E-state index contributed by atoms with van der Waals surface area (Å²) in [6, 6.07) is 0. The second-order valence-electron chi connectivity index (χ2n) is 3.62. The molecule has 1 aromatic heterocycles. The van der Waals surface area contributed by atoms with Crippen molar-refractivity contribution in [2.45, 2.75) is 0 Å². The summed E-state index contributed by atoms with van der Waals surface area (Å²) in [5.74, 6) is -0.182. The lowest BCUT2D eigenvalue weighted by Gasteiger charge is -2.15. The van der Waals surface area contributed by atoms with Crippen LogP contribution in [0.15, 0.2) is 5.38 Å². The molecule has 0 radical (unpaired) electrons. The Hall–Kier alpha value is -1.18. The highest BCUT2D eigenvalue weighted by Gasteiger charge is 2.08. The number of hydrogen-bond donors (Lipinski definition) is 2. The number of hydrogen-bond acceptors (Lipinski definition) is 6. The maximum absolute atomic E-state index is 11.6. The van der Waals surface area contributed by atoms with E-state index in [2.05, 4.69) is 15.2 Å². The van der Waals surface area contributed by atoms with Crippen molar-refractivity contribution in [3.8, 4) is 0 Å². The van der Waals surface area contributed by atoms with Crippen molar-refractivity contribution in [3.63, 3.8) is 0 Å². The minimum absolute atomic E-state index is 0.182. The summed E-state index contributed by atoms with van der Waals surface area (Å²) in [4.78, 5) is 17.6. The average Bonchev–Trinajstić information content (AvgIpc) is 2.73. The zero-order valence-electron chi connectivity index (χ0n) is 10.1. The van der Waals surface area contributed by atoms with Crippen molar-refractivity contribution < 1.29 is 9.53 Å². The van der Waals surface area contributed by atoms with Gasteiger partial charge in [0.1, 0.15) is 5.69 Å². The number of thiazole rings is 1. The van der Waals surface area contributed by atoms with Gasteiger partial charge in [0.2, 0.25) is 0 Å². The van der Waals surface area contributed by atoms with Crippen LogP contribution in [0, 0.1) is 0 Å². The van der Waals surface area contributed by atoms with Crippen molar-refractivity contribution in [2.75, 3.05) is 46.1 Å². The van der Waals surface area contributed by atoms with Crippen LogP contribution < -0.4 is 11.1 Å². The van der Waals surface area contributed by atoms with E-state index in [1.165, 1.54) is 11.3 Å². The predicted molar refractivity (Wildman–Crippen MR) is 68.2 cm³/mol. The SMILES string of the molecule is COCCN(C)CCNC(=O)c1csc(N)n1. The molecular formula is C10H18N4O2S. The molecule has 3 N–H and O–H groups in total. The van der Waals surface area contributed by atoms with Gasteiger partial charge in [-0.3, -0.25) is 4.79 Å². The van der Waals surface area contributed by atoms with Crippen LogP contribution in [0.4, 0.5) is 5.13 Å². The maximum Gasteiger partial charge on any atom is 0.270 e. The second-order valence-corrected chi connectivity index (χ2v) is 4.51. The number of carbonyl (C=O) groups excluding carboxylic acids is 1. The smallest absolute Gasteiger partial charge is 0.270 e. The number of anilines is 1. The summed E-state index contributed by atoms with van der Waals surface area (Å²) in [5.41, 5.74) is 5.83. The number of nitrogens with two attached hydrogens (primary N) is 1. The van der Waals surface area contributed by atoms with Gasteiger partial charge < -0.3 is 20.7 Å². The molecule has 1 aromatic rings. The van der Waals surface area contributed by atoms with Crippen LogP contribution in [-0.2, 0) is 4.74 Å². The molecule has 17 heavy (non-hydrogen) atoms. The zero-order chi connectivity index (χ0) is 12.7. The molecule has 0 aliphatic carbocycles. The summed E-state index contributed by atoms with van der Waals surface area (Å²) in [5, 5.41) is 4.85. The number of aromatic nitrogens is 1. The van der Waals surface area contributed by atoms with Crippen molar-refractivity contribution in [2.24, 2.45) is 0 Å². The van der Waals surface area contributed by atoms with E-state index in [9.17, 15) is 4.79 Å². The Labute approximate surface area is 105 Å². The molecule has 0 bridgehead atoms. The minimum Gasteiger partial charge on any atom is -0.383 e. The van der Waals surface area contributed by atoms with Gasteiger partial charge in [0.15, 0.2) is 5.13 Å². The van der Waals surface area contributed by atoms with Crippen molar-refractivity contribution in [1.29, 1.82) is 0 Å². The summed E-state index contributed by atoms with van der Waals surface area (Å²) < 4.78 is 4.96. The van der Waals surface area contributed by atoms with Gasteiger partial charge in [-0.15, -0.1) is 11.3 Å². The molecule has 1 heterocycles. The number of amides is 1. The van der Waals surface area contributed by atoms with E-state index in [4.69, 9.17) is 10.5 Å². The number of rotatable bonds is 7. The quantitative estimate of drug-likeness (QED) is 0.721. The molecular weight excluding hydrogens is 240 g/mol. The van der Waals surface area contributed by atoms with Gasteiger partial charge in [-0.25, -0.2) is 4.98 Å². The first-order chi connectivity index (χ1) is 8.13. The van der Waals surface area contributed by atoms with Crippen LogP contribution in [0.1, 0.15) is 10.5 Å². The van der Waals surface area contributed by atoms with Gasteiger partial charge >= 0.3 is 0 Å². The van der Waals surface area contributed by atoms with Crippen LogP contribution in [0.5, 0.6) is 0 Å². The third kappa shape index (κ3) is 5.12. The molecule has 0 saturated heterocycles. The van der Waals surface area contributed by atoms with Gasteiger partial charge in [0.05, 0.1) is 6.61 Å². The number of ether oxygens (including phenoxy) is 1. The lowest BCUT2D eigenvalue weighted by molar-refractivity contribution is 0.0943. The maximum atomic E-state index is 11.6. The highest BCUT2D eigenvalue weighted by molar-refractivity contribution is 7.13. The molecule has 7 heteroatoms. The van der Waals surface area contributed by atoms with Crippen LogP contribution in [0.25, 0.3) is 0 Å².